The van der Waals surface area contributed by atoms with Crippen molar-refractivity contribution in [1.82, 2.24) is 9.62 Å². The second-order valence-corrected chi connectivity index (χ2v) is 9.54. The van der Waals surface area contributed by atoms with Crippen LogP contribution in [0.5, 0.6) is 0 Å². The maximum absolute atomic E-state index is 12.7. The Balaban J connectivity index is 2.12. The minimum Gasteiger partial charge on any atom is -0.384 e. The van der Waals surface area contributed by atoms with Crippen molar-refractivity contribution in [3.05, 3.63) is 14.7 Å². The van der Waals surface area contributed by atoms with E-state index in [1.54, 1.807) is 17.5 Å². The fourth-order valence-electron chi connectivity index (χ4n) is 2.53. The third-order valence-corrected chi connectivity index (χ3v) is 7.80. The van der Waals surface area contributed by atoms with Gasteiger partial charge in [-0.25, -0.2) is 8.42 Å². The van der Waals surface area contributed by atoms with E-state index in [1.807, 2.05) is 7.05 Å². The molecule has 0 radical (unpaired) electrons. The van der Waals surface area contributed by atoms with E-state index in [2.05, 4.69) is 21.2 Å². The normalized spacial score (nSPS) is 18.2. The summed E-state index contributed by atoms with van der Waals surface area (Å²) >= 11 is 4.86. The molecular formula is C13H21BrN2O3S2. The van der Waals surface area contributed by atoms with Gasteiger partial charge in [-0.1, -0.05) is 0 Å². The molecule has 0 spiro atoms. The highest BCUT2D eigenvalue weighted by molar-refractivity contribution is 9.11. The van der Waals surface area contributed by atoms with Crippen LogP contribution in [-0.4, -0.2) is 46.6 Å². The Hall–Kier alpha value is 0.01000. The van der Waals surface area contributed by atoms with Crippen LogP contribution in [0.4, 0.5) is 0 Å². The lowest BCUT2D eigenvalue weighted by Crippen LogP contribution is -2.39. The van der Waals surface area contributed by atoms with Gasteiger partial charge in [0.05, 0.1) is 3.79 Å². The molecule has 1 saturated heterocycles. The molecule has 0 saturated carbocycles. The zero-order valence-electron chi connectivity index (χ0n) is 12.3. The van der Waals surface area contributed by atoms with Crippen LogP contribution in [0.2, 0.25) is 0 Å². The lowest BCUT2D eigenvalue weighted by Gasteiger charge is -2.30. The predicted octanol–water partition coefficient (Wildman–Crippen LogP) is 2.28. The highest BCUT2D eigenvalue weighted by Gasteiger charge is 2.31. The molecule has 1 aliphatic rings. The van der Waals surface area contributed by atoms with E-state index in [9.17, 15) is 8.42 Å². The summed E-state index contributed by atoms with van der Waals surface area (Å²) in [4.78, 5) is 1.40. The molecular weight excluding hydrogens is 376 g/mol. The number of methoxy groups -OCH3 is 1. The molecule has 2 rings (SSSR count). The first-order valence-electron chi connectivity index (χ1n) is 6.91. The number of nitrogens with one attached hydrogen (secondary N) is 1. The van der Waals surface area contributed by atoms with E-state index in [4.69, 9.17) is 4.74 Å². The molecule has 0 amide bonds. The van der Waals surface area contributed by atoms with E-state index in [1.165, 1.54) is 11.3 Å². The standard InChI is InChI=1S/C13H21BrN2O3S2/c1-15-8-11-7-12(13(14)20-11)21(17,18)16-5-3-10(4-6-16)9-19-2/h7,10,15H,3-6,8-9H2,1-2H3. The van der Waals surface area contributed by atoms with Gasteiger partial charge >= 0.3 is 0 Å². The number of thiophene rings is 1. The Morgan fingerprint density at radius 1 is 1.48 bits per heavy atom. The van der Waals surface area contributed by atoms with Crippen molar-refractivity contribution in [2.24, 2.45) is 5.92 Å². The zero-order valence-corrected chi connectivity index (χ0v) is 15.5. The molecule has 1 aromatic heterocycles. The monoisotopic (exact) mass is 396 g/mol. The van der Waals surface area contributed by atoms with E-state index in [-0.39, 0.29) is 0 Å². The average Bonchev–Trinajstić information content (AvgIpc) is 2.82. The summed E-state index contributed by atoms with van der Waals surface area (Å²) < 4.78 is 32.9. The number of halogens is 1. The molecule has 1 aromatic rings. The highest BCUT2D eigenvalue weighted by atomic mass is 79.9. The molecule has 8 heteroatoms. The molecule has 5 nitrogen and oxygen atoms in total. The molecule has 2 heterocycles. The van der Waals surface area contributed by atoms with Crippen LogP contribution < -0.4 is 5.32 Å². The molecule has 0 aliphatic carbocycles. The number of rotatable bonds is 6. The lowest BCUT2D eigenvalue weighted by molar-refractivity contribution is 0.121. The molecule has 1 aliphatic heterocycles. The summed E-state index contributed by atoms with van der Waals surface area (Å²) in [5.41, 5.74) is 0. The smallest absolute Gasteiger partial charge is 0.245 e. The van der Waals surface area contributed by atoms with Crippen molar-refractivity contribution >= 4 is 37.3 Å². The summed E-state index contributed by atoms with van der Waals surface area (Å²) in [6.45, 7) is 2.52. The first kappa shape index (κ1) is 17.4. The Morgan fingerprint density at radius 2 is 2.14 bits per heavy atom. The minimum absolute atomic E-state index is 0.392. The Bertz CT molecular complexity index is 566. The van der Waals surface area contributed by atoms with Crippen LogP contribution >= 0.6 is 27.3 Å². The number of hydrogen-bond acceptors (Lipinski definition) is 5. The quantitative estimate of drug-likeness (QED) is 0.800. The molecule has 0 bridgehead atoms. The van der Waals surface area contributed by atoms with Crippen LogP contribution in [0, 0.1) is 5.92 Å². The first-order valence-corrected chi connectivity index (χ1v) is 9.96. The topological polar surface area (TPSA) is 58.6 Å². The fraction of sp³-hybridized carbons (Fsp3) is 0.692. The van der Waals surface area contributed by atoms with Gasteiger partial charge in [0, 0.05) is 38.2 Å². The number of nitrogens with zero attached hydrogens (tertiary/aromatic N) is 1. The third-order valence-electron chi connectivity index (χ3n) is 3.65. The van der Waals surface area contributed by atoms with Crippen molar-refractivity contribution < 1.29 is 13.2 Å². The van der Waals surface area contributed by atoms with Crippen molar-refractivity contribution in [2.75, 3.05) is 33.9 Å². The lowest BCUT2D eigenvalue weighted by atomic mass is 9.99. The molecule has 0 unspecified atom stereocenters. The van der Waals surface area contributed by atoms with Gasteiger partial charge in [0.15, 0.2) is 0 Å². The van der Waals surface area contributed by atoms with Crippen molar-refractivity contribution in [1.29, 1.82) is 0 Å². The summed E-state index contributed by atoms with van der Waals surface area (Å²) in [6, 6.07) is 1.77. The fourth-order valence-corrected chi connectivity index (χ4v) is 6.64. The van der Waals surface area contributed by atoms with Crippen LogP contribution in [0.1, 0.15) is 17.7 Å². The zero-order chi connectivity index (χ0) is 15.5. The maximum atomic E-state index is 12.7. The summed E-state index contributed by atoms with van der Waals surface area (Å²) in [7, 11) is 0.139. The number of piperidine rings is 1. The second-order valence-electron chi connectivity index (χ2n) is 5.18. The van der Waals surface area contributed by atoms with Gasteiger partial charge in [0.1, 0.15) is 4.90 Å². The summed E-state index contributed by atoms with van der Waals surface area (Å²) in [5.74, 6) is 0.465. The second kappa shape index (κ2) is 7.52. The number of ether oxygens (including phenoxy) is 1. The number of sulfonamides is 1. The van der Waals surface area contributed by atoms with Gasteiger partial charge in [-0.05, 0) is 47.8 Å². The van der Waals surface area contributed by atoms with Crippen molar-refractivity contribution in [2.45, 2.75) is 24.3 Å². The van der Waals surface area contributed by atoms with Crippen LogP contribution in [-0.2, 0) is 21.3 Å². The molecule has 1 N–H and O–H groups in total. The molecule has 0 aromatic carbocycles. The van der Waals surface area contributed by atoms with E-state index in [0.717, 1.165) is 17.7 Å². The van der Waals surface area contributed by atoms with Gasteiger partial charge in [-0.3, -0.25) is 0 Å². The summed E-state index contributed by atoms with van der Waals surface area (Å²) in [5, 5.41) is 3.04. The van der Waals surface area contributed by atoms with Gasteiger partial charge in [-0.15, -0.1) is 11.3 Å². The van der Waals surface area contributed by atoms with Crippen LogP contribution in [0.25, 0.3) is 0 Å². The van der Waals surface area contributed by atoms with Crippen LogP contribution in [0.3, 0.4) is 0 Å². The predicted molar refractivity (Wildman–Crippen MR) is 88.1 cm³/mol. The largest absolute Gasteiger partial charge is 0.384 e. The third kappa shape index (κ3) is 4.05. The van der Waals surface area contributed by atoms with E-state index in [0.29, 0.717) is 40.8 Å². The van der Waals surface area contributed by atoms with Gasteiger partial charge < -0.3 is 10.1 Å². The maximum Gasteiger partial charge on any atom is 0.245 e. The Kier molecular flexibility index (Phi) is 6.22. The highest BCUT2D eigenvalue weighted by Crippen LogP contribution is 2.34. The van der Waals surface area contributed by atoms with Gasteiger partial charge in [0.2, 0.25) is 10.0 Å². The van der Waals surface area contributed by atoms with Gasteiger partial charge in [0.25, 0.3) is 0 Å². The SMILES string of the molecule is CNCc1cc(S(=O)(=O)N2CCC(COC)CC2)c(Br)s1. The molecule has 1 fully saturated rings. The van der Waals surface area contributed by atoms with E-state index < -0.39 is 10.0 Å². The van der Waals surface area contributed by atoms with Gasteiger partial charge in [-0.2, -0.15) is 4.31 Å². The number of hydrogen-bond donors (Lipinski definition) is 1. The van der Waals surface area contributed by atoms with E-state index >= 15 is 0 Å². The summed E-state index contributed by atoms with van der Waals surface area (Å²) in [6.07, 6.45) is 1.72. The average molecular weight is 397 g/mol. The molecule has 21 heavy (non-hydrogen) atoms. The molecule has 0 atom stereocenters. The van der Waals surface area contributed by atoms with Crippen molar-refractivity contribution in [3.8, 4) is 0 Å². The Morgan fingerprint density at radius 3 is 2.71 bits per heavy atom. The van der Waals surface area contributed by atoms with Crippen LogP contribution in [0.15, 0.2) is 14.7 Å². The first-order chi connectivity index (χ1) is 9.98. The minimum atomic E-state index is -3.40. The Labute approximate surface area is 138 Å². The van der Waals surface area contributed by atoms with Crippen molar-refractivity contribution in [3.63, 3.8) is 0 Å². The molecule has 120 valence electrons.